The number of carbonyl (C=O) groups excluding carboxylic acids is 2. The van der Waals surface area contributed by atoms with Crippen LogP contribution >= 0.6 is 0 Å². The number of carboxylic acid groups (broad SMARTS) is 1. The van der Waals surface area contributed by atoms with Crippen LogP contribution in [0.2, 0.25) is 0 Å². The lowest BCUT2D eigenvalue weighted by Gasteiger charge is -2.27. The zero-order valence-corrected chi connectivity index (χ0v) is 14.0. The molecule has 0 bridgehead atoms. The number of esters is 1. The number of aliphatic carboxylic acids is 1. The third-order valence-corrected chi connectivity index (χ3v) is 2.47. The van der Waals surface area contributed by atoms with E-state index in [1.165, 1.54) is 6.08 Å². The predicted octanol–water partition coefficient (Wildman–Crippen LogP) is 1.05. The molecule has 0 aliphatic heterocycles. The van der Waals surface area contributed by atoms with Crippen LogP contribution in [0.25, 0.3) is 0 Å². The fourth-order valence-corrected chi connectivity index (χ4v) is 1.56. The summed E-state index contributed by atoms with van der Waals surface area (Å²) in [4.78, 5) is 34.0. The maximum absolute atomic E-state index is 12.1. The zero-order chi connectivity index (χ0) is 17.5. The molecule has 0 heterocycles. The van der Waals surface area contributed by atoms with Gasteiger partial charge in [0.1, 0.15) is 18.2 Å². The Kier molecular flexibility index (Phi) is 7.62. The van der Waals surface area contributed by atoms with Gasteiger partial charge in [-0.3, -0.25) is 9.59 Å². The normalized spacial score (nSPS) is 13.5. The minimum absolute atomic E-state index is 0.0414. The van der Waals surface area contributed by atoms with Crippen molar-refractivity contribution in [3.8, 4) is 0 Å². The van der Waals surface area contributed by atoms with E-state index in [4.69, 9.17) is 9.84 Å². The summed E-state index contributed by atoms with van der Waals surface area (Å²) in [6.45, 7) is 10.2. The maximum atomic E-state index is 12.1. The van der Waals surface area contributed by atoms with Gasteiger partial charge in [0.15, 0.2) is 0 Å². The lowest BCUT2D eigenvalue weighted by atomic mass is 10.0. The number of nitrogens with one attached hydrogen (secondary N) is 2. The number of rotatable bonds is 7. The number of allylic oxidation sites excluding steroid dienone is 1. The van der Waals surface area contributed by atoms with E-state index in [-0.39, 0.29) is 5.92 Å². The molecule has 1 amide bonds. The van der Waals surface area contributed by atoms with Crippen molar-refractivity contribution in [2.45, 2.75) is 53.2 Å². The summed E-state index contributed by atoms with van der Waals surface area (Å²) in [5.74, 6) is -2.11. The summed E-state index contributed by atoms with van der Waals surface area (Å²) in [7, 11) is 0. The van der Waals surface area contributed by atoms with Crippen LogP contribution in [-0.4, -0.2) is 41.1 Å². The van der Waals surface area contributed by atoms with Crippen molar-refractivity contribution in [1.82, 2.24) is 10.6 Å². The summed E-state index contributed by atoms with van der Waals surface area (Å²) < 4.78 is 5.34. The topological polar surface area (TPSA) is 105 Å². The van der Waals surface area contributed by atoms with Gasteiger partial charge >= 0.3 is 11.9 Å². The van der Waals surface area contributed by atoms with Crippen molar-refractivity contribution in [2.75, 3.05) is 6.54 Å². The Balaban J connectivity index is 4.77. The highest BCUT2D eigenvalue weighted by Crippen LogP contribution is 2.13. The molecule has 0 spiro atoms. The molecule has 7 heteroatoms. The van der Waals surface area contributed by atoms with E-state index >= 15 is 0 Å². The first kappa shape index (κ1) is 19.9. The van der Waals surface area contributed by atoms with Crippen molar-refractivity contribution in [3.63, 3.8) is 0 Å². The minimum atomic E-state index is -1.12. The van der Waals surface area contributed by atoms with Gasteiger partial charge in [-0.2, -0.15) is 0 Å². The maximum Gasteiger partial charge on any atom is 0.329 e. The van der Waals surface area contributed by atoms with Crippen LogP contribution in [0.5, 0.6) is 0 Å². The number of carbonyl (C=O) groups is 3. The predicted molar refractivity (Wildman–Crippen MR) is 82.0 cm³/mol. The van der Waals surface area contributed by atoms with Crippen LogP contribution in [0, 0.1) is 5.92 Å². The average molecular weight is 314 g/mol. The molecule has 126 valence electrons. The Labute approximate surface area is 131 Å². The molecule has 0 saturated heterocycles. The van der Waals surface area contributed by atoms with E-state index in [0.717, 1.165) is 0 Å². The van der Waals surface area contributed by atoms with E-state index in [2.05, 4.69) is 10.6 Å². The van der Waals surface area contributed by atoms with Gasteiger partial charge in [0.25, 0.3) is 0 Å². The molecule has 0 rings (SSSR count). The van der Waals surface area contributed by atoms with Crippen molar-refractivity contribution < 1.29 is 24.2 Å². The molecular weight excluding hydrogens is 288 g/mol. The Morgan fingerprint density at radius 3 is 2.18 bits per heavy atom. The van der Waals surface area contributed by atoms with Gasteiger partial charge in [0.05, 0.1) is 0 Å². The van der Waals surface area contributed by atoms with Crippen molar-refractivity contribution in [2.24, 2.45) is 5.92 Å². The zero-order valence-electron chi connectivity index (χ0n) is 14.0. The molecule has 0 saturated carbocycles. The fraction of sp³-hybridized carbons (Fsp3) is 0.667. The lowest BCUT2D eigenvalue weighted by molar-refractivity contribution is -0.158. The van der Waals surface area contributed by atoms with E-state index in [1.54, 1.807) is 27.7 Å². The number of amides is 1. The number of hydrogen-bond acceptors (Lipinski definition) is 5. The highest BCUT2D eigenvalue weighted by atomic mass is 16.6. The number of hydrogen-bond donors (Lipinski definition) is 3. The van der Waals surface area contributed by atoms with Gasteiger partial charge in [0.2, 0.25) is 5.91 Å². The Morgan fingerprint density at radius 2 is 1.77 bits per heavy atom. The smallest absolute Gasteiger partial charge is 0.329 e. The second kappa shape index (κ2) is 8.41. The summed E-state index contributed by atoms with van der Waals surface area (Å²) in [6, 6.07) is -0.595. The van der Waals surface area contributed by atoms with Crippen LogP contribution in [0.3, 0.4) is 0 Å². The van der Waals surface area contributed by atoms with Gasteiger partial charge in [-0.05, 0) is 33.6 Å². The molecule has 0 aliphatic carbocycles. The second-order valence-electron chi connectivity index (χ2n) is 6.34. The van der Waals surface area contributed by atoms with Gasteiger partial charge in [-0.1, -0.05) is 13.8 Å². The van der Waals surface area contributed by atoms with Gasteiger partial charge in [0, 0.05) is 11.8 Å². The molecule has 0 aromatic carbocycles. The fourth-order valence-electron chi connectivity index (χ4n) is 1.56. The second-order valence-corrected chi connectivity index (χ2v) is 6.34. The van der Waals surface area contributed by atoms with E-state index in [0.29, 0.717) is 5.70 Å². The first-order valence-electron chi connectivity index (χ1n) is 7.09. The summed E-state index contributed by atoms with van der Waals surface area (Å²) in [5, 5.41) is 13.6. The van der Waals surface area contributed by atoms with Crippen LogP contribution in [-0.2, 0) is 19.1 Å². The Hall–Kier alpha value is -2.05. The molecule has 0 unspecified atom stereocenters. The third-order valence-electron chi connectivity index (χ3n) is 2.47. The first-order chi connectivity index (χ1) is 9.92. The standard InChI is InChI=1S/C15H26N2O5/c1-9(2)13(14(21)22-15(4,5)6)17-10(3)7-11(18)16-8-12(19)20/h7,9,13,17H,8H2,1-6H3,(H,16,18)(H,19,20)/b10-7-/t13-/m0/s1. The average Bonchev–Trinajstić information content (AvgIpc) is 2.30. The monoisotopic (exact) mass is 314 g/mol. The SMILES string of the molecule is C/C(=C/C(=O)NCC(=O)O)N[C@H](C(=O)OC(C)(C)C)C(C)C. The highest BCUT2D eigenvalue weighted by Gasteiger charge is 2.27. The highest BCUT2D eigenvalue weighted by molar-refractivity contribution is 5.90. The van der Waals surface area contributed by atoms with E-state index in [9.17, 15) is 14.4 Å². The van der Waals surface area contributed by atoms with Gasteiger partial charge < -0.3 is 20.5 Å². The van der Waals surface area contributed by atoms with Crippen LogP contribution in [0.1, 0.15) is 41.5 Å². The molecular formula is C15H26N2O5. The van der Waals surface area contributed by atoms with Crippen LogP contribution in [0.4, 0.5) is 0 Å². The molecule has 0 aliphatic rings. The molecule has 7 nitrogen and oxygen atoms in total. The molecule has 22 heavy (non-hydrogen) atoms. The van der Waals surface area contributed by atoms with Crippen molar-refractivity contribution in [3.05, 3.63) is 11.8 Å². The number of ether oxygens (including phenoxy) is 1. The van der Waals surface area contributed by atoms with Crippen LogP contribution < -0.4 is 10.6 Å². The molecule has 0 fully saturated rings. The Bertz CT molecular complexity index is 449. The summed E-state index contributed by atoms with van der Waals surface area (Å²) >= 11 is 0. The molecule has 3 N–H and O–H groups in total. The van der Waals surface area contributed by atoms with E-state index in [1.807, 2.05) is 13.8 Å². The quantitative estimate of drug-likeness (QED) is 0.479. The van der Waals surface area contributed by atoms with Crippen LogP contribution in [0.15, 0.2) is 11.8 Å². The minimum Gasteiger partial charge on any atom is -0.480 e. The summed E-state index contributed by atoms with van der Waals surface area (Å²) in [5.41, 5.74) is -0.144. The van der Waals surface area contributed by atoms with Gasteiger partial charge in [-0.25, -0.2) is 4.79 Å². The first-order valence-corrected chi connectivity index (χ1v) is 7.09. The van der Waals surface area contributed by atoms with Crippen molar-refractivity contribution in [1.29, 1.82) is 0 Å². The Morgan fingerprint density at radius 1 is 1.23 bits per heavy atom. The van der Waals surface area contributed by atoms with E-state index < -0.39 is 36.0 Å². The largest absolute Gasteiger partial charge is 0.480 e. The molecule has 0 radical (unpaired) electrons. The van der Waals surface area contributed by atoms with Crippen molar-refractivity contribution >= 4 is 17.8 Å². The third kappa shape index (κ3) is 8.99. The van der Waals surface area contributed by atoms with Gasteiger partial charge in [-0.15, -0.1) is 0 Å². The molecule has 0 aromatic rings. The lowest BCUT2D eigenvalue weighted by Crippen LogP contribution is -2.44. The molecule has 0 aromatic heterocycles. The molecule has 1 atom stereocenters. The summed E-state index contributed by atoms with van der Waals surface area (Å²) in [6.07, 6.45) is 1.21. The number of carboxylic acids is 1.